The normalized spacial score (nSPS) is 11.5. The van der Waals surface area contributed by atoms with Crippen LogP contribution in [0.1, 0.15) is 33.4 Å². The zero-order valence-electron chi connectivity index (χ0n) is 53.4. The van der Waals surface area contributed by atoms with E-state index in [2.05, 4.69) is 211 Å². The van der Waals surface area contributed by atoms with Crippen LogP contribution < -0.4 is 0 Å². The number of rotatable bonds is 8. The van der Waals surface area contributed by atoms with Crippen LogP contribution in [0.25, 0.3) is 171 Å². The molecule has 0 bridgehead atoms. The topological polar surface area (TPSA) is 180 Å². The average Bonchev–Trinajstić information content (AvgIpc) is 1.60. The van der Waals surface area contributed by atoms with E-state index in [0.717, 1.165) is 110 Å². The van der Waals surface area contributed by atoms with Crippen molar-refractivity contribution < 1.29 is 0 Å². The van der Waals surface area contributed by atoms with Crippen molar-refractivity contribution >= 4 is 109 Å². The molecular weight excluding hydrogens is 1240 g/mol. The summed E-state index contributed by atoms with van der Waals surface area (Å²) in [6.45, 7) is 0. The third-order valence-electron chi connectivity index (χ3n) is 20.0. The second kappa shape index (κ2) is 22.3. The maximum absolute atomic E-state index is 10.8. The summed E-state index contributed by atoms with van der Waals surface area (Å²) in [4.78, 5) is 6.46. The Morgan fingerprint density at radius 2 is 0.475 bits per heavy atom. The zero-order chi connectivity index (χ0) is 67.7. The van der Waals surface area contributed by atoms with E-state index in [0.29, 0.717) is 94.8 Å². The van der Waals surface area contributed by atoms with Gasteiger partial charge in [-0.2, -0.15) is 31.6 Å². The van der Waals surface area contributed by atoms with Gasteiger partial charge in [-0.3, -0.25) is 9.13 Å². The van der Waals surface area contributed by atoms with Crippen LogP contribution in [0.15, 0.2) is 279 Å². The molecule has 0 saturated carbocycles. The molecule has 0 saturated heterocycles. The molecule has 101 heavy (non-hydrogen) atoms. The molecule has 0 fully saturated rings. The van der Waals surface area contributed by atoms with Crippen LogP contribution in [0, 0.1) is 68.0 Å². The van der Waals surface area contributed by atoms with E-state index in [4.69, 9.17) is 4.98 Å². The molecule has 0 aliphatic rings. The van der Waals surface area contributed by atoms with Crippen LogP contribution in [0.4, 0.5) is 0 Å². The zero-order valence-corrected chi connectivity index (χ0v) is 53.4. The van der Waals surface area contributed by atoms with Gasteiger partial charge >= 0.3 is 0 Å². The first-order valence-corrected chi connectivity index (χ1v) is 32.8. The Balaban J connectivity index is 1.12. The lowest BCUT2D eigenvalue weighted by molar-refractivity contribution is 0.961. The van der Waals surface area contributed by atoms with E-state index in [1.807, 2.05) is 127 Å². The lowest BCUT2D eigenvalue weighted by atomic mass is 9.98. The van der Waals surface area contributed by atoms with Gasteiger partial charge in [0.2, 0.25) is 0 Å². The van der Waals surface area contributed by atoms with E-state index in [-0.39, 0.29) is 0 Å². The molecule has 0 unspecified atom stereocenters. The molecule has 462 valence electrons. The van der Waals surface area contributed by atoms with Crippen molar-refractivity contribution in [1.29, 1.82) is 31.6 Å². The summed E-state index contributed by atoms with van der Waals surface area (Å²) in [6.07, 6.45) is 0. The largest absolute Gasteiger partial charge is 0.309 e. The molecule has 19 aromatic rings. The number of pyridine rings is 1. The van der Waals surface area contributed by atoms with Crippen molar-refractivity contribution in [2.24, 2.45) is 0 Å². The molecule has 0 N–H and O–H groups in total. The van der Waals surface area contributed by atoms with Gasteiger partial charge in [-0.05, 0) is 192 Å². The first-order chi connectivity index (χ1) is 49.8. The van der Waals surface area contributed by atoms with E-state index in [9.17, 15) is 31.6 Å². The Morgan fingerprint density at radius 1 is 0.208 bits per heavy atom. The molecule has 13 aromatic carbocycles. The van der Waals surface area contributed by atoms with Crippen molar-refractivity contribution in [3.05, 3.63) is 312 Å². The van der Waals surface area contributed by atoms with Crippen LogP contribution in [-0.2, 0) is 0 Å². The Labute approximate surface area is 576 Å². The number of hydrogen-bond donors (Lipinski definition) is 0. The molecule has 12 nitrogen and oxygen atoms in total. The fraction of sp³-hybridized carbons (Fsp3) is 0. The van der Waals surface area contributed by atoms with Gasteiger partial charge in [0, 0.05) is 65.1 Å². The average molecular weight is 1280 g/mol. The quantitative estimate of drug-likeness (QED) is 0.145. The number of hydrogen-bond acceptors (Lipinski definition) is 7. The third-order valence-corrected chi connectivity index (χ3v) is 20.0. The molecule has 19 rings (SSSR count). The lowest BCUT2D eigenvalue weighted by Gasteiger charge is -2.27. The van der Waals surface area contributed by atoms with Crippen LogP contribution in [0.3, 0.4) is 0 Å². The van der Waals surface area contributed by atoms with Crippen LogP contribution in [0.5, 0.6) is 0 Å². The first-order valence-electron chi connectivity index (χ1n) is 32.8. The Kier molecular flexibility index (Phi) is 12.7. The fourth-order valence-corrected chi connectivity index (χ4v) is 15.6. The predicted octanol–water partition coefficient (Wildman–Crippen LogP) is 20.8. The number of aromatic nitrogens is 6. The lowest BCUT2D eigenvalue weighted by Crippen LogP contribution is -2.16. The number of nitrogens with zero attached hydrogens (tertiary/aromatic N) is 12. The van der Waals surface area contributed by atoms with Gasteiger partial charge in [0.25, 0.3) is 0 Å². The Bertz CT molecular complexity index is 6830. The second-order valence-electron chi connectivity index (χ2n) is 25.4. The summed E-state index contributed by atoms with van der Waals surface area (Å²) < 4.78 is 11.2. The maximum Gasteiger partial charge on any atom is 0.165 e. The molecule has 0 aliphatic carbocycles. The van der Waals surface area contributed by atoms with Crippen LogP contribution in [-0.4, -0.2) is 27.8 Å². The second-order valence-corrected chi connectivity index (χ2v) is 25.4. The van der Waals surface area contributed by atoms with Gasteiger partial charge in [0.15, 0.2) is 11.6 Å². The smallest absolute Gasteiger partial charge is 0.165 e. The van der Waals surface area contributed by atoms with Gasteiger partial charge in [0.05, 0.1) is 125 Å². The van der Waals surface area contributed by atoms with Crippen molar-refractivity contribution in [2.75, 3.05) is 0 Å². The summed E-state index contributed by atoms with van der Waals surface area (Å²) in [5, 5.41) is 72.8. The van der Waals surface area contributed by atoms with Crippen molar-refractivity contribution in [1.82, 2.24) is 27.8 Å². The monoisotopic (exact) mass is 1280 g/mol. The molecule has 6 aromatic heterocycles. The Hall–Kier alpha value is -15.1. The number of nitriles is 6. The highest BCUT2D eigenvalue weighted by molar-refractivity contribution is 6.18. The van der Waals surface area contributed by atoms with Gasteiger partial charge in [-0.1, -0.05) is 115 Å². The number of benzene rings is 13. The van der Waals surface area contributed by atoms with E-state index in [1.54, 1.807) is 0 Å². The summed E-state index contributed by atoms with van der Waals surface area (Å²) in [6, 6.07) is 108. The summed E-state index contributed by atoms with van der Waals surface area (Å²) >= 11 is 0. The minimum Gasteiger partial charge on any atom is -0.309 e. The summed E-state index contributed by atoms with van der Waals surface area (Å²) in [7, 11) is 0. The maximum atomic E-state index is 10.8. The number of fused-ring (bicyclic) bond motifs is 15. The van der Waals surface area contributed by atoms with Gasteiger partial charge in [-0.15, -0.1) is 0 Å². The standard InChI is InChI=1S/C89H46N12/c90-47-53-20-29-77-66(38-53)67-39-54(48-91)21-30-78(67)98(77)86-85(63-28-37-76-72(46-63)65-18-10-11-19-75(65)97(76)64-16-8-3-9-17-64)87(99-79-31-22-55(49-92)40-68(79)69-41-56(50-93)23-32-80(69)99)89(96-88(86)100-81-33-24-57(51-94)42-70(81)71-43-58(52-95)25-34-82(71)100)101-83-35-26-61(59-12-4-1-5-13-59)44-73(83)74-45-62(27-36-84(74)101)60-14-6-2-7-15-60/h1-46H. The third kappa shape index (κ3) is 8.58. The number of para-hydroxylation sites is 2. The highest BCUT2D eigenvalue weighted by Gasteiger charge is 2.34. The highest BCUT2D eigenvalue weighted by atomic mass is 15.2. The van der Waals surface area contributed by atoms with Crippen molar-refractivity contribution in [3.8, 4) is 98.5 Å². The van der Waals surface area contributed by atoms with E-state index in [1.165, 1.54) is 0 Å². The van der Waals surface area contributed by atoms with E-state index < -0.39 is 0 Å². The van der Waals surface area contributed by atoms with Gasteiger partial charge in [0.1, 0.15) is 11.4 Å². The molecule has 0 radical (unpaired) electrons. The minimum atomic E-state index is 0.425. The van der Waals surface area contributed by atoms with Crippen LogP contribution in [0.2, 0.25) is 0 Å². The molecule has 0 amide bonds. The molecule has 6 heterocycles. The minimum absolute atomic E-state index is 0.425. The Morgan fingerprint density at radius 3 is 0.842 bits per heavy atom. The van der Waals surface area contributed by atoms with Gasteiger partial charge in [-0.25, -0.2) is 4.98 Å². The highest BCUT2D eigenvalue weighted by Crippen LogP contribution is 2.51. The molecular formula is C89H46N12. The molecule has 0 spiro atoms. The first kappa shape index (κ1) is 57.4. The summed E-state index contributed by atoms with van der Waals surface area (Å²) in [5.74, 6) is 0.943. The van der Waals surface area contributed by atoms with E-state index >= 15 is 0 Å². The molecule has 12 heteroatoms. The van der Waals surface area contributed by atoms with Gasteiger partial charge < -0.3 is 13.7 Å². The molecule has 0 atom stereocenters. The van der Waals surface area contributed by atoms with Crippen LogP contribution >= 0.6 is 0 Å². The summed E-state index contributed by atoms with van der Waals surface area (Å²) in [5.41, 5.74) is 18.3. The molecule has 0 aliphatic heterocycles. The van der Waals surface area contributed by atoms with Crippen molar-refractivity contribution in [3.63, 3.8) is 0 Å². The SMILES string of the molecule is N#Cc1ccc2c(c1)c1cc(C#N)ccc1n2-c1nc(-n2c3ccc(-c4ccccc4)cc3c3cc(-c4ccccc4)ccc32)c(-n2c3ccc(C#N)cc3c3cc(C#N)ccc32)c(-c2ccc3c(c2)c2ccccc2n3-c2ccccc2)c1-n1c2ccc(C#N)cc2c2cc(C#N)ccc21. The fourth-order valence-electron chi connectivity index (χ4n) is 15.6. The van der Waals surface area contributed by atoms with Crippen molar-refractivity contribution in [2.45, 2.75) is 0 Å². The predicted molar refractivity (Wildman–Crippen MR) is 401 cm³/mol.